The van der Waals surface area contributed by atoms with E-state index in [4.69, 9.17) is 0 Å². The molecular formula is C20H40O2S. The maximum atomic E-state index is 10.9. The molecule has 0 rings (SSSR count). The highest BCUT2D eigenvalue weighted by Gasteiger charge is 1.99. The number of ether oxygens (including phenoxy) is 1. The highest BCUT2D eigenvalue weighted by Crippen LogP contribution is 2.14. The molecule has 0 N–H and O–H groups in total. The lowest BCUT2D eigenvalue weighted by atomic mass is 10.0. The number of hydrogen-bond acceptors (Lipinski definition) is 3. The first-order valence-corrected chi connectivity index (χ1v) is 11.1. The minimum absolute atomic E-state index is 0.0651. The van der Waals surface area contributed by atoms with E-state index in [1.807, 2.05) is 0 Å². The van der Waals surface area contributed by atoms with Crippen LogP contribution in [0.5, 0.6) is 0 Å². The highest BCUT2D eigenvalue weighted by atomic mass is 32.2. The van der Waals surface area contributed by atoms with Gasteiger partial charge in [0.15, 0.2) is 0 Å². The molecule has 0 spiro atoms. The molecule has 3 heteroatoms. The van der Waals surface area contributed by atoms with Crippen LogP contribution in [0, 0.1) is 0 Å². The molecule has 0 aromatic carbocycles. The summed E-state index contributed by atoms with van der Waals surface area (Å²) >= 11 is 2.12. The van der Waals surface area contributed by atoms with E-state index in [1.165, 1.54) is 102 Å². The van der Waals surface area contributed by atoms with Gasteiger partial charge in [0, 0.05) is 6.42 Å². The summed E-state index contributed by atoms with van der Waals surface area (Å²) in [7, 11) is 1.47. The van der Waals surface area contributed by atoms with Gasteiger partial charge in [0.05, 0.1) is 7.11 Å². The van der Waals surface area contributed by atoms with Crippen LogP contribution in [0.4, 0.5) is 0 Å². The fourth-order valence-electron chi connectivity index (χ4n) is 2.77. The molecule has 0 atom stereocenters. The van der Waals surface area contributed by atoms with E-state index in [-0.39, 0.29) is 5.97 Å². The van der Waals surface area contributed by atoms with Crippen molar-refractivity contribution in [2.45, 2.75) is 103 Å². The molecule has 0 aliphatic rings. The second-order valence-corrected chi connectivity index (χ2v) is 7.76. The summed E-state index contributed by atoms with van der Waals surface area (Å²) in [5.41, 5.74) is 0. The minimum Gasteiger partial charge on any atom is -0.469 e. The summed E-state index contributed by atoms with van der Waals surface area (Å²) in [6.07, 6.45) is 19.4. The molecule has 0 aliphatic carbocycles. The van der Waals surface area contributed by atoms with Crippen molar-refractivity contribution >= 4 is 17.7 Å². The Morgan fingerprint density at radius 1 is 0.696 bits per heavy atom. The molecule has 0 amide bonds. The lowest BCUT2D eigenvalue weighted by molar-refractivity contribution is -0.140. The zero-order valence-corrected chi connectivity index (χ0v) is 16.6. The maximum Gasteiger partial charge on any atom is 0.305 e. The first-order chi connectivity index (χ1) is 11.3. The molecule has 0 saturated carbocycles. The highest BCUT2D eigenvalue weighted by molar-refractivity contribution is 7.99. The third-order valence-electron chi connectivity index (χ3n) is 4.25. The first-order valence-electron chi connectivity index (χ1n) is 9.95. The van der Waals surface area contributed by atoms with Crippen molar-refractivity contribution in [2.75, 3.05) is 18.6 Å². The van der Waals surface area contributed by atoms with Crippen LogP contribution in [0.25, 0.3) is 0 Å². The summed E-state index contributed by atoms with van der Waals surface area (Å²) in [5.74, 6) is 2.64. The molecule has 0 bridgehead atoms. The van der Waals surface area contributed by atoms with Crippen LogP contribution < -0.4 is 0 Å². The molecule has 0 radical (unpaired) electrons. The van der Waals surface area contributed by atoms with Crippen LogP contribution in [0.1, 0.15) is 103 Å². The van der Waals surface area contributed by atoms with Crippen molar-refractivity contribution in [3.8, 4) is 0 Å². The lowest BCUT2D eigenvalue weighted by Gasteiger charge is -2.03. The van der Waals surface area contributed by atoms with E-state index in [1.54, 1.807) is 0 Å². The quantitative estimate of drug-likeness (QED) is 0.203. The molecule has 0 aromatic heterocycles. The van der Waals surface area contributed by atoms with Gasteiger partial charge >= 0.3 is 5.97 Å². The molecule has 0 saturated heterocycles. The fourth-order valence-corrected chi connectivity index (χ4v) is 3.67. The fraction of sp³-hybridized carbons (Fsp3) is 0.950. The van der Waals surface area contributed by atoms with E-state index in [0.717, 1.165) is 6.42 Å². The normalized spacial score (nSPS) is 10.9. The topological polar surface area (TPSA) is 26.3 Å². The molecule has 0 fully saturated rings. The summed E-state index contributed by atoms with van der Waals surface area (Å²) in [6, 6.07) is 0. The smallest absolute Gasteiger partial charge is 0.305 e. The van der Waals surface area contributed by atoms with Gasteiger partial charge in [-0.05, 0) is 30.8 Å². The Hall–Kier alpha value is -0.180. The monoisotopic (exact) mass is 344 g/mol. The van der Waals surface area contributed by atoms with Crippen molar-refractivity contribution < 1.29 is 9.53 Å². The molecule has 0 aliphatic heterocycles. The largest absolute Gasteiger partial charge is 0.469 e. The molecule has 0 heterocycles. The molecule has 138 valence electrons. The van der Waals surface area contributed by atoms with Crippen LogP contribution in [-0.4, -0.2) is 24.6 Å². The van der Waals surface area contributed by atoms with Gasteiger partial charge in [-0.3, -0.25) is 4.79 Å². The Morgan fingerprint density at radius 2 is 1.13 bits per heavy atom. The number of esters is 1. The summed E-state index contributed by atoms with van der Waals surface area (Å²) in [6.45, 7) is 2.26. The number of carbonyl (C=O) groups is 1. The maximum absolute atomic E-state index is 10.9. The molecular weight excluding hydrogens is 304 g/mol. The van der Waals surface area contributed by atoms with Crippen molar-refractivity contribution in [1.82, 2.24) is 0 Å². The van der Waals surface area contributed by atoms with Crippen molar-refractivity contribution in [3.63, 3.8) is 0 Å². The summed E-state index contributed by atoms with van der Waals surface area (Å²) in [4.78, 5) is 10.9. The van der Waals surface area contributed by atoms with Crippen molar-refractivity contribution in [3.05, 3.63) is 0 Å². The molecule has 0 unspecified atom stereocenters. The van der Waals surface area contributed by atoms with Crippen LogP contribution in [-0.2, 0) is 9.53 Å². The third kappa shape index (κ3) is 19.8. The van der Waals surface area contributed by atoms with E-state index in [9.17, 15) is 4.79 Å². The van der Waals surface area contributed by atoms with Crippen molar-refractivity contribution in [2.24, 2.45) is 0 Å². The van der Waals surface area contributed by atoms with Crippen molar-refractivity contribution in [1.29, 1.82) is 0 Å². The van der Waals surface area contributed by atoms with Gasteiger partial charge < -0.3 is 4.74 Å². The predicted molar refractivity (Wildman–Crippen MR) is 104 cm³/mol. The number of carbonyl (C=O) groups excluding carboxylic acids is 1. The van der Waals surface area contributed by atoms with Gasteiger partial charge in [-0.1, -0.05) is 77.6 Å². The summed E-state index contributed by atoms with van der Waals surface area (Å²) < 4.78 is 4.64. The Morgan fingerprint density at radius 3 is 1.57 bits per heavy atom. The number of hydrogen-bond donors (Lipinski definition) is 0. The first kappa shape index (κ1) is 22.8. The molecule has 23 heavy (non-hydrogen) atoms. The van der Waals surface area contributed by atoms with Gasteiger partial charge in [-0.2, -0.15) is 11.8 Å². The van der Waals surface area contributed by atoms with Gasteiger partial charge in [-0.15, -0.1) is 0 Å². The second kappa shape index (κ2) is 19.9. The zero-order valence-electron chi connectivity index (χ0n) is 15.7. The third-order valence-corrected chi connectivity index (χ3v) is 5.52. The lowest BCUT2D eigenvalue weighted by Crippen LogP contribution is -1.99. The summed E-state index contributed by atoms with van der Waals surface area (Å²) in [5, 5.41) is 0. The van der Waals surface area contributed by atoms with Crippen LogP contribution in [0.15, 0.2) is 0 Å². The van der Waals surface area contributed by atoms with Gasteiger partial charge in [0.2, 0.25) is 0 Å². The minimum atomic E-state index is -0.0651. The standard InChI is InChI=1S/C20H40O2S/c1-3-18-23-19-16-14-12-10-8-6-4-5-7-9-11-13-15-17-20(21)22-2/h3-19H2,1-2H3. The predicted octanol–water partition coefficient (Wildman–Crippen LogP) is 6.76. The van der Waals surface area contributed by atoms with E-state index in [2.05, 4.69) is 23.4 Å². The second-order valence-electron chi connectivity index (χ2n) is 6.53. The number of unbranched alkanes of at least 4 members (excludes halogenated alkanes) is 12. The van der Waals surface area contributed by atoms with Crippen LogP contribution >= 0.6 is 11.8 Å². The van der Waals surface area contributed by atoms with Gasteiger partial charge in [0.25, 0.3) is 0 Å². The average Bonchev–Trinajstić information content (AvgIpc) is 2.57. The van der Waals surface area contributed by atoms with Gasteiger partial charge in [0.1, 0.15) is 0 Å². The van der Waals surface area contributed by atoms with E-state index >= 15 is 0 Å². The van der Waals surface area contributed by atoms with E-state index < -0.39 is 0 Å². The Labute approximate surface area is 149 Å². The zero-order chi connectivity index (χ0) is 17.0. The van der Waals surface area contributed by atoms with Crippen LogP contribution in [0.2, 0.25) is 0 Å². The number of rotatable bonds is 18. The SMILES string of the molecule is CCCSCCCCCCCCCCCCCCCC(=O)OC. The van der Waals surface area contributed by atoms with E-state index in [0.29, 0.717) is 6.42 Å². The Kier molecular flexibility index (Phi) is 19.7. The van der Waals surface area contributed by atoms with Gasteiger partial charge in [-0.25, -0.2) is 0 Å². The number of methoxy groups -OCH3 is 1. The Balaban J connectivity index is 2.99. The number of thioether (sulfide) groups is 1. The molecule has 2 nitrogen and oxygen atoms in total. The van der Waals surface area contributed by atoms with Crippen LogP contribution in [0.3, 0.4) is 0 Å². The molecule has 0 aromatic rings. The Bertz CT molecular complexity index is 244. The average molecular weight is 345 g/mol.